The van der Waals surface area contributed by atoms with E-state index in [2.05, 4.69) is 34.6 Å². The molecule has 0 saturated heterocycles. The highest BCUT2D eigenvalue weighted by molar-refractivity contribution is 14.0. The molecule has 0 fully saturated rings. The highest BCUT2D eigenvalue weighted by Gasteiger charge is 2.09. The van der Waals surface area contributed by atoms with Crippen LogP contribution in [0.1, 0.15) is 55.2 Å². The Kier molecular flexibility index (Phi) is 8.30. The standard InChI is InChI=1S/C17H26N4O2.HI/c1-6-18-17(19-9-14-7-12(4)22-13(14)5)20-10-15-8-16(11(2)3)21-23-15;/h7-8,11H,6,9-10H2,1-5H3,(H2,18,19,20);1H. The molecule has 6 nitrogen and oxygen atoms in total. The Balaban J connectivity index is 0.00000288. The lowest BCUT2D eigenvalue weighted by molar-refractivity contribution is 0.372. The Morgan fingerprint density at radius 1 is 1.25 bits per heavy atom. The van der Waals surface area contributed by atoms with Gasteiger partial charge >= 0.3 is 0 Å². The second kappa shape index (κ2) is 9.71. The number of hydrogen-bond acceptors (Lipinski definition) is 4. The molecule has 0 radical (unpaired) electrons. The summed E-state index contributed by atoms with van der Waals surface area (Å²) >= 11 is 0. The molecular formula is C17H27IN4O2. The first-order chi connectivity index (χ1) is 11.0. The summed E-state index contributed by atoms with van der Waals surface area (Å²) < 4.78 is 10.9. The molecule has 2 aromatic heterocycles. The fraction of sp³-hybridized carbons (Fsp3) is 0.529. The summed E-state index contributed by atoms with van der Waals surface area (Å²) in [5, 5.41) is 10.5. The van der Waals surface area contributed by atoms with Crippen molar-refractivity contribution in [3.63, 3.8) is 0 Å². The predicted octanol–water partition coefficient (Wildman–Crippen LogP) is 3.88. The maximum Gasteiger partial charge on any atom is 0.191 e. The number of aliphatic imine (C=N–C) groups is 1. The van der Waals surface area contributed by atoms with Crippen molar-refractivity contribution < 1.29 is 8.94 Å². The van der Waals surface area contributed by atoms with Crippen molar-refractivity contribution in [2.45, 2.75) is 53.6 Å². The number of nitrogens with zero attached hydrogens (tertiary/aromatic N) is 2. The topological polar surface area (TPSA) is 75.6 Å². The van der Waals surface area contributed by atoms with E-state index in [1.165, 1.54) is 0 Å². The third-order valence-corrected chi connectivity index (χ3v) is 3.49. The van der Waals surface area contributed by atoms with Crippen LogP contribution in [0.4, 0.5) is 0 Å². The Morgan fingerprint density at radius 3 is 2.54 bits per heavy atom. The Labute approximate surface area is 160 Å². The Bertz CT molecular complexity index is 661. The zero-order chi connectivity index (χ0) is 16.8. The summed E-state index contributed by atoms with van der Waals surface area (Å²) in [7, 11) is 0. The third kappa shape index (κ3) is 5.85. The molecule has 0 bridgehead atoms. The molecule has 2 N–H and O–H groups in total. The largest absolute Gasteiger partial charge is 0.466 e. The van der Waals surface area contributed by atoms with Crippen molar-refractivity contribution in [3.8, 4) is 0 Å². The quantitative estimate of drug-likeness (QED) is 0.400. The van der Waals surface area contributed by atoms with Crippen molar-refractivity contribution in [2.24, 2.45) is 4.99 Å². The summed E-state index contributed by atoms with van der Waals surface area (Å²) in [6.07, 6.45) is 0. The maximum absolute atomic E-state index is 5.53. The molecule has 7 heteroatoms. The van der Waals surface area contributed by atoms with Gasteiger partial charge in [0.05, 0.1) is 18.8 Å². The van der Waals surface area contributed by atoms with Crippen molar-refractivity contribution in [2.75, 3.05) is 6.54 Å². The SMILES string of the molecule is CCNC(=NCc1cc(C)oc1C)NCc1cc(C(C)C)no1.I. The average molecular weight is 446 g/mol. The number of nitrogens with one attached hydrogen (secondary N) is 2. The van der Waals surface area contributed by atoms with Crippen LogP contribution in [-0.2, 0) is 13.1 Å². The van der Waals surface area contributed by atoms with Crippen LogP contribution in [0, 0.1) is 13.8 Å². The molecule has 24 heavy (non-hydrogen) atoms. The van der Waals surface area contributed by atoms with Crippen LogP contribution in [0.5, 0.6) is 0 Å². The van der Waals surface area contributed by atoms with Gasteiger partial charge in [-0.05, 0) is 32.8 Å². The van der Waals surface area contributed by atoms with E-state index in [1.54, 1.807) is 0 Å². The zero-order valence-electron chi connectivity index (χ0n) is 15.0. The van der Waals surface area contributed by atoms with Gasteiger partial charge in [-0.1, -0.05) is 19.0 Å². The van der Waals surface area contributed by atoms with Crippen LogP contribution in [0.15, 0.2) is 26.1 Å². The van der Waals surface area contributed by atoms with E-state index >= 15 is 0 Å². The van der Waals surface area contributed by atoms with Crippen molar-refractivity contribution >= 4 is 29.9 Å². The van der Waals surface area contributed by atoms with Crippen molar-refractivity contribution in [3.05, 3.63) is 40.7 Å². The fourth-order valence-electron chi connectivity index (χ4n) is 2.20. The minimum atomic E-state index is 0. The molecule has 0 aliphatic rings. The summed E-state index contributed by atoms with van der Waals surface area (Å²) in [5.74, 6) is 3.73. The monoisotopic (exact) mass is 446 g/mol. The second-order valence-corrected chi connectivity index (χ2v) is 5.86. The minimum Gasteiger partial charge on any atom is -0.466 e. The predicted molar refractivity (Wildman–Crippen MR) is 106 cm³/mol. The van der Waals surface area contributed by atoms with Crippen molar-refractivity contribution in [1.29, 1.82) is 0 Å². The van der Waals surface area contributed by atoms with Crippen LogP contribution in [0.2, 0.25) is 0 Å². The van der Waals surface area contributed by atoms with Gasteiger partial charge in [0.1, 0.15) is 11.5 Å². The van der Waals surface area contributed by atoms with E-state index in [4.69, 9.17) is 8.94 Å². The summed E-state index contributed by atoms with van der Waals surface area (Å²) in [6.45, 7) is 12.0. The van der Waals surface area contributed by atoms with Gasteiger partial charge in [0.25, 0.3) is 0 Å². The first-order valence-corrected chi connectivity index (χ1v) is 8.03. The van der Waals surface area contributed by atoms with Gasteiger partial charge in [0.2, 0.25) is 0 Å². The molecule has 0 amide bonds. The van der Waals surface area contributed by atoms with E-state index in [-0.39, 0.29) is 24.0 Å². The van der Waals surface area contributed by atoms with Gasteiger partial charge in [-0.3, -0.25) is 0 Å². The van der Waals surface area contributed by atoms with Gasteiger partial charge < -0.3 is 19.6 Å². The number of rotatable bonds is 6. The second-order valence-electron chi connectivity index (χ2n) is 5.86. The smallest absolute Gasteiger partial charge is 0.191 e. The van der Waals surface area contributed by atoms with Crippen LogP contribution < -0.4 is 10.6 Å². The third-order valence-electron chi connectivity index (χ3n) is 3.49. The molecule has 2 aromatic rings. The lowest BCUT2D eigenvalue weighted by atomic mass is 10.1. The molecule has 0 aromatic carbocycles. The lowest BCUT2D eigenvalue weighted by Crippen LogP contribution is -2.36. The Hall–Kier alpha value is -1.51. The fourth-order valence-corrected chi connectivity index (χ4v) is 2.20. The summed E-state index contributed by atoms with van der Waals surface area (Å²) in [5.41, 5.74) is 2.06. The summed E-state index contributed by atoms with van der Waals surface area (Å²) in [6, 6.07) is 4.00. The normalized spacial score (nSPS) is 11.5. The highest BCUT2D eigenvalue weighted by Crippen LogP contribution is 2.15. The minimum absolute atomic E-state index is 0. The van der Waals surface area contributed by atoms with Crippen LogP contribution in [0.3, 0.4) is 0 Å². The zero-order valence-corrected chi connectivity index (χ0v) is 17.3. The summed E-state index contributed by atoms with van der Waals surface area (Å²) in [4.78, 5) is 4.59. The molecule has 0 aliphatic heterocycles. The number of hydrogen-bond donors (Lipinski definition) is 2. The number of guanidine groups is 1. The molecule has 0 unspecified atom stereocenters. The van der Waals surface area contributed by atoms with Gasteiger partial charge in [0.15, 0.2) is 11.7 Å². The van der Waals surface area contributed by atoms with E-state index in [0.717, 1.165) is 41.0 Å². The van der Waals surface area contributed by atoms with Crippen LogP contribution in [0.25, 0.3) is 0 Å². The van der Waals surface area contributed by atoms with Crippen LogP contribution in [-0.4, -0.2) is 17.7 Å². The lowest BCUT2D eigenvalue weighted by Gasteiger charge is -2.09. The molecule has 2 rings (SSSR count). The molecule has 0 aliphatic carbocycles. The molecule has 0 atom stereocenters. The number of halogens is 1. The van der Waals surface area contributed by atoms with E-state index in [1.807, 2.05) is 32.9 Å². The molecular weight excluding hydrogens is 419 g/mol. The molecule has 2 heterocycles. The van der Waals surface area contributed by atoms with Gasteiger partial charge in [-0.15, -0.1) is 24.0 Å². The first-order valence-electron chi connectivity index (χ1n) is 8.03. The van der Waals surface area contributed by atoms with Crippen molar-refractivity contribution in [1.82, 2.24) is 15.8 Å². The van der Waals surface area contributed by atoms with E-state index in [9.17, 15) is 0 Å². The van der Waals surface area contributed by atoms with Gasteiger partial charge in [-0.2, -0.15) is 0 Å². The molecule has 0 saturated carbocycles. The highest BCUT2D eigenvalue weighted by atomic mass is 127. The number of aryl methyl sites for hydroxylation is 2. The maximum atomic E-state index is 5.53. The van der Waals surface area contributed by atoms with Gasteiger partial charge in [-0.25, -0.2) is 4.99 Å². The molecule has 0 spiro atoms. The van der Waals surface area contributed by atoms with E-state index < -0.39 is 0 Å². The molecule has 134 valence electrons. The van der Waals surface area contributed by atoms with Crippen LogP contribution >= 0.6 is 24.0 Å². The Morgan fingerprint density at radius 2 is 2.00 bits per heavy atom. The van der Waals surface area contributed by atoms with E-state index in [0.29, 0.717) is 19.0 Å². The number of aromatic nitrogens is 1. The number of furan rings is 1. The first kappa shape index (κ1) is 20.5. The average Bonchev–Trinajstić information content (AvgIpc) is 3.08. The van der Waals surface area contributed by atoms with Gasteiger partial charge in [0, 0.05) is 18.2 Å².